The first-order valence-electron chi connectivity index (χ1n) is 3.76. The molecule has 0 atom stereocenters. The molecule has 1 heterocycles. The van der Waals surface area contributed by atoms with Crippen LogP contribution in [0, 0.1) is 5.92 Å². The largest absolute Gasteiger partial charge is 0.156 e. The Hall–Kier alpha value is -0.340. The maximum Gasteiger partial charge on any atom is 0.156 e. The van der Waals surface area contributed by atoms with Gasteiger partial charge >= 0.3 is 0 Å². The topological polar surface area (TPSA) is 25.8 Å². The van der Waals surface area contributed by atoms with E-state index in [1.165, 1.54) is 6.20 Å². The van der Waals surface area contributed by atoms with Crippen LogP contribution < -0.4 is 0 Å². The predicted molar refractivity (Wildman–Crippen MR) is 50.6 cm³/mol. The number of rotatable bonds is 2. The summed E-state index contributed by atoms with van der Waals surface area (Å²) in [5.41, 5.74) is 0.892. The second-order valence-corrected chi connectivity index (χ2v) is 3.83. The van der Waals surface area contributed by atoms with Crippen molar-refractivity contribution < 1.29 is 0 Å². The molecule has 0 aromatic carbocycles. The van der Waals surface area contributed by atoms with Gasteiger partial charge in [-0.25, -0.2) is 0 Å². The van der Waals surface area contributed by atoms with Gasteiger partial charge in [-0.2, -0.15) is 5.10 Å². The second-order valence-electron chi connectivity index (χ2n) is 3.06. The molecule has 0 unspecified atom stereocenters. The first-order chi connectivity index (χ1) is 5.61. The Labute approximate surface area is 81.9 Å². The highest BCUT2D eigenvalue weighted by Gasteiger charge is 2.08. The van der Waals surface area contributed by atoms with E-state index in [0.717, 1.165) is 12.0 Å². The van der Waals surface area contributed by atoms with Crippen LogP contribution in [0.1, 0.15) is 19.4 Å². The highest BCUT2D eigenvalue weighted by Crippen LogP contribution is 2.23. The standard InChI is InChI=1S/C8H10Cl2N2/c1-5(2)3-6-7(9)4-11-12-8(6)10/h4-5H,3H2,1-2H3. The Morgan fingerprint density at radius 2 is 2.08 bits per heavy atom. The van der Waals surface area contributed by atoms with Crippen LogP contribution >= 0.6 is 23.2 Å². The molecule has 12 heavy (non-hydrogen) atoms. The molecule has 0 bridgehead atoms. The number of hydrogen-bond acceptors (Lipinski definition) is 2. The van der Waals surface area contributed by atoms with E-state index < -0.39 is 0 Å². The molecular formula is C8H10Cl2N2. The minimum atomic E-state index is 0.413. The molecule has 0 aliphatic rings. The zero-order chi connectivity index (χ0) is 9.14. The molecule has 0 aliphatic carbocycles. The first kappa shape index (κ1) is 9.75. The molecule has 2 nitrogen and oxygen atoms in total. The van der Waals surface area contributed by atoms with Crippen molar-refractivity contribution in [1.29, 1.82) is 0 Å². The SMILES string of the molecule is CC(C)Cc1c(Cl)cnnc1Cl. The van der Waals surface area contributed by atoms with E-state index in [9.17, 15) is 0 Å². The van der Waals surface area contributed by atoms with Crippen LogP contribution in [-0.2, 0) is 6.42 Å². The van der Waals surface area contributed by atoms with Gasteiger partial charge in [0.15, 0.2) is 5.15 Å². The normalized spacial score (nSPS) is 10.8. The van der Waals surface area contributed by atoms with Crippen LogP contribution in [0.2, 0.25) is 10.2 Å². The molecule has 1 rings (SSSR count). The lowest BCUT2D eigenvalue weighted by Gasteiger charge is -2.06. The fourth-order valence-electron chi connectivity index (χ4n) is 0.957. The summed E-state index contributed by atoms with van der Waals surface area (Å²) in [7, 11) is 0. The number of halogens is 2. The third-order valence-corrected chi connectivity index (χ3v) is 2.10. The van der Waals surface area contributed by atoms with E-state index in [4.69, 9.17) is 23.2 Å². The Morgan fingerprint density at radius 1 is 1.42 bits per heavy atom. The summed E-state index contributed by atoms with van der Waals surface area (Å²) in [5, 5.41) is 8.38. The van der Waals surface area contributed by atoms with Crippen molar-refractivity contribution in [2.75, 3.05) is 0 Å². The van der Waals surface area contributed by atoms with Gasteiger partial charge in [-0.05, 0) is 12.3 Å². The molecule has 0 saturated heterocycles. The zero-order valence-corrected chi connectivity index (χ0v) is 8.52. The summed E-state index contributed by atoms with van der Waals surface area (Å²) < 4.78 is 0. The molecule has 0 aliphatic heterocycles. The number of hydrogen-bond donors (Lipinski definition) is 0. The summed E-state index contributed by atoms with van der Waals surface area (Å²) in [6.07, 6.45) is 2.36. The molecule has 0 spiro atoms. The van der Waals surface area contributed by atoms with Gasteiger partial charge in [0.05, 0.1) is 11.2 Å². The van der Waals surface area contributed by atoms with Crippen molar-refractivity contribution in [3.8, 4) is 0 Å². The van der Waals surface area contributed by atoms with Crippen LogP contribution in [0.3, 0.4) is 0 Å². The van der Waals surface area contributed by atoms with Crippen LogP contribution in [0.25, 0.3) is 0 Å². The van der Waals surface area contributed by atoms with E-state index in [0.29, 0.717) is 16.1 Å². The third-order valence-electron chi connectivity index (χ3n) is 1.47. The van der Waals surface area contributed by atoms with Crippen molar-refractivity contribution in [2.45, 2.75) is 20.3 Å². The summed E-state index contributed by atoms with van der Waals surface area (Å²) in [6, 6.07) is 0. The lowest BCUT2D eigenvalue weighted by atomic mass is 10.1. The van der Waals surface area contributed by atoms with Gasteiger partial charge in [-0.1, -0.05) is 37.0 Å². The smallest absolute Gasteiger partial charge is 0.156 e. The highest BCUT2D eigenvalue weighted by molar-refractivity contribution is 6.35. The van der Waals surface area contributed by atoms with Crippen molar-refractivity contribution in [3.05, 3.63) is 21.9 Å². The quantitative estimate of drug-likeness (QED) is 0.741. The van der Waals surface area contributed by atoms with Crippen LogP contribution in [0.15, 0.2) is 6.20 Å². The van der Waals surface area contributed by atoms with Crippen molar-refractivity contribution in [2.24, 2.45) is 5.92 Å². The average molecular weight is 205 g/mol. The van der Waals surface area contributed by atoms with Gasteiger partial charge in [-0.15, -0.1) is 5.10 Å². The Bertz CT molecular complexity index is 254. The number of aromatic nitrogens is 2. The van der Waals surface area contributed by atoms with Gasteiger partial charge in [0.2, 0.25) is 0 Å². The minimum absolute atomic E-state index is 0.413. The molecule has 66 valence electrons. The summed E-state index contributed by atoms with van der Waals surface area (Å²) in [4.78, 5) is 0. The Balaban J connectivity index is 2.96. The van der Waals surface area contributed by atoms with Crippen molar-refractivity contribution in [3.63, 3.8) is 0 Å². The third kappa shape index (κ3) is 2.32. The summed E-state index contributed by atoms with van der Waals surface area (Å²) in [6.45, 7) is 4.21. The number of nitrogens with zero attached hydrogens (tertiary/aromatic N) is 2. The monoisotopic (exact) mass is 204 g/mol. The van der Waals surface area contributed by atoms with Gasteiger partial charge in [0.1, 0.15) is 0 Å². The van der Waals surface area contributed by atoms with Gasteiger partial charge in [-0.3, -0.25) is 0 Å². The molecule has 1 aromatic heterocycles. The fourth-order valence-corrected chi connectivity index (χ4v) is 1.44. The molecular weight excluding hydrogens is 195 g/mol. The molecule has 0 saturated carbocycles. The summed E-state index contributed by atoms with van der Waals surface area (Å²) in [5.74, 6) is 0.518. The van der Waals surface area contributed by atoms with Gasteiger partial charge in [0, 0.05) is 5.56 Å². The maximum absolute atomic E-state index is 5.89. The second kappa shape index (κ2) is 4.06. The van der Waals surface area contributed by atoms with Gasteiger partial charge in [0.25, 0.3) is 0 Å². The molecule has 0 N–H and O–H groups in total. The molecule has 4 heteroatoms. The highest BCUT2D eigenvalue weighted by atomic mass is 35.5. The Morgan fingerprint density at radius 3 is 2.58 bits per heavy atom. The summed E-state index contributed by atoms with van der Waals surface area (Å²) >= 11 is 11.7. The lowest BCUT2D eigenvalue weighted by molar-refractivity contribution is 0.644. The van der Waals surface area contributed by atoms with E-state index >= 15 is 0 Å². The fraction of sp³-hybridized carbons (Fsp3) is 0.500. The molecule has 0 amide bonds. The average Bonchev–Trinajstić information content (AvgIpc) is 1.97. The van der Waals surface area contributed by atoms with Crippen LogP contribution in [0.4, 0.5) is 0 Å². The van der Waals surface area contributed by atoms with Crippen molar-refractivity contribution in [1.82, 2.24) is 10.2 Å². The molecule has 0 radical (unpaired) electrons. The molecule has 0 fully saturated rings. The first-order valence-corrected chi connectivity index (χ1v) is 4.52. The van der Waals surface area contributed by atoms with E-state index in [-0.39, 0.29) is 0 Å². The van der Waals surface area contributed by atoms with E-state index in [2.05, 4.69) is 24.0 Å². The van der Waals surface area contributed by atoms with Crippen LogP contribution in [-0.4, -0.2) is 10.2 Å². The van der Waals surface area contributed by atoms with Crippen LogP contribution in [0.5, 0.6) is 0 Å². The van der Waals surface area contributed by atoms with E-state index in [1.807, 2.05) is 0 Å². The minimum Gasteiger partial charge on any atom is -0.156 e. The van der Waals surface area contributed by atoms with Gasteiger partial charge < -0.3 is 0 Å². The molecule has 1 aromatic rings. The Kier molecular flexibility index (Phi) is 3.29. The maximum atomic E-state index is 5.89. The van der Waals surface area contributed by atoms with Crippen molar-refractivity contribution >= 4 is 23.2 Å². The lowest BCUT2D eigenvalue weighted by Crippen LogP contribution is -1.98. The predicted octanol–water partition coefficient (Wildman–Crippen LogP) is 2.98. The zero-order valence-electron chi connectivity index (χ0n) is 7.01. The van der Waals surface area contributed by atoms with E-state index in [1.54, 1.807) is 0 Å².